The van der Waals surface area contributed by atoms with Crippen molar-refractivity contribution >= 4 is 16.9 Å². The predicted molar refractivity (Wildman–Crippen MR) is 104 cm³/mol. The molecule has 0 spiro atoms. The Morgan fingerprint density at radius 1 is 1.15 bits per heavy atom. The number of rotatable bonds is 6. The van der Waals surface area contributed by atoms with Crippen LogP contribution in [-0.2, 0) is 17.9 Å². The van der Waals surface area contributed by atoms with Gasteiger partial charge < -0.3 is 14.0 Å². The van der Waals surface area contributed by atoms with Crippen molar-refractivity contribution in [3.63, 3.8) is 0 Å². The zero-order chi connectivity index (χ0) is 19.4. The number of aromatic nitrogens is 1. The summed E-state index contributed by atoms with van der Waals surface area (Å²) in [5.74, 6) is 0.365. The molecule has 3 aromatic rings. The lowest BCUT2D eigenvalue weighted by molar-refractivity contribution is 0.0460. The Bertz CT molecular complexity index is 1010. The first-order valence-electron chi connectivity index (χ1n) is 8.82. The summed E-state index contributed by atoms with van der Waals surface area (Å²) in [4.78, 5) is 12.8. The first kappa shape index (κ1) is 18.5. The van der Waals surface area contributed by atoms with Crippen LogP contribution < -0.4 is 4.74 Å². The SMILES string of the molecule is COc1cc2c(cc(C(=O)OCc3ccccc3)n2CCC#N)c(C)c1C. The van der Waals surface area contributed by atoms with Crippen LogP contribution in [0, 0.1) is 25.2 Å². The molecule has 0 N–H and O–H groups in total. The van der Waals surface area contributed by atoms with Crippen LogP contribution in [0.25, 0.3) is 10.9 Å². The molecule has 0 unspecified atom stereocenters. The molecule has 0 aliphatic heterocycles. The van der Waals surface area contributed by atoms with Crippen molar-refractivity contribution in [2.75, 3.05) is 7.11 Å². The molecule has 0 radical (unpaired) electrons. The number of esters is 1. The fraction of sp³-hybridized carbons (Fsp3) is 0.273. The Morgan fingerprint density at radius 2 is 1.89 bits per heavy atom. The van der Waals surface area contributed by atoms with Gasteiger partial charge in [0.25, 0.3) is 0 Å². The number of hydrogen-bond donors (Lipinski definition) is 0. The molecule has 138 valence electrons. The number of hydrogen-bond acceptors (Lipinski definition) is 4. The molecule has 0 bridgehead atoms. The van der Waals surface area contributed by atoms with Crippen LogP contribution in [0.15, 0.2) is 42.5 Å². The molecule has 5 heteroatoms. The number of methoxy groups -OCH3 is 1. The zero-order valence-electron chi connectivity index (χ0n) is 15.8. The second-order valence-electron chi connectivity index (χ2n) is 6.41. The third-order valence-electron chi connectivity index (χ3n) is 4.83. The summed E-state index contributed by atoms with van der Waals surface area (Å²) in [7, 11) is 1.63. The lowest BCUT2D eigenvalue weighted by Gasteiger charge is -2.12. The second-order valence-corrected chi connectivity index (χ2v) is 6.41. The first-order chi connectivity index (χ1) is 13.1. The maximum Gasteiger partial charge on any atom is 0.355 e. The van der Waals surface area contributed by atoms with E-state index < -0.39 is 5.97 Å². The average Bonchev–Trinajstić information content (AvgIpc) is 3.06. The lowest BCUT2D eigenvalue weighted by atomic mass is 10.0. The van der Waals surface area contributed by atoms with E-state index in [1.54, 1.807) is 7.11 Å². The van der Waals surface area contributed by atoms with Crippen LogP contribution in [0.2, 0.25) is 0 Å². The number of fused-ring (bicyclic) bond motifs is 1. The molecule has 0 saturated heterocycles. The third kappa shape index (κ3) is 3.65. The van der Waals surface area contributed by atoms with Gasteiger partial charge in [0.2, 0.25) is 0 Å². The van der Waals surface area contributed by atoms with Crippen molar-refractivity contribution in [1.29, 1.82) is 5.26 Å². The Balaban J connectivity index is 2.01. The molecule has 5 nitrogen and oxygen atoms in total. The summed E-state index contributed by atoms with van der Waals surface area (Å²) in [6.45, 7) is 4.63. The Kier molecular flexibility index (Phi) is 5.46. The van der Waals surface area contributed by atoms with E-state index in [4.69, 9.17) is 14.7 Å². The van der Waals surface area contributed by atoms with Crippen LogP contribution in [0.5, 0.6) is 5.75 Å². The van der Waals surface area contributed by atoms with Gasteiger partial charge in [0.15, 0.2) is 0 Å². The van der Waals surface area contributed by atoms with E-state index in [1.807, 2.05) is 60.9 Å². The number of benzene rings is 2. The van der Waals surface area contributed by atoms with Crippen molar-refractivity contribution in [3.05, 3.63) is 64.8 Å². The molecular weight excluding hydrogens is 340 g/mol. The van der Waals surface area contributed by atoms with Crippen molar-refractivity contribution in [2.45, 2.75) is 33.4 Å². The van der Waals surface area contributed by atoms with Gasteiger partial charge in [0.1, 0.15) is 18.1 Å². The summed E-state index contributed by atoms with van der Waals surface area (Å²) < 4.78 is 12.8. The minimum absolute atomic E-state index is 0.209. The van der Waals surface area contributed by atoms with Gasteiger partial charge >= 0.3 is 5.97 Å². The standard InChI is InChI=1S/C22H22N2O3/c1-15-16(2)21(26-3)13-19-18(15)12-20(24(19)11-7-10-23)22(25)27-14-17-8-5-4-6-9-17/h4-6,8-9,12-13H,7,11,14H2,1-3H3. The molecule has 0 aliphatic carbocycles. The van der Waals surface area contributed by atoms with Gasteiger partial charge in [-0.2, -0.15) is 5.26 Å². The number of nitriles is 1. The lowest BCUT2D eigenvalue weighted by Crippen LogP contribution is -2.12. The summed E-state index contributed by atoms with van der Waals surface area (Å²) in [5, 5.41) is 9.98. The Morgan fingerprint density at radius 3 is 2.56 bits per heavy atom. The van der Waals surface area contributed by atoms with E-state index in [2.05, 4.69) is 6.07 Å². The van der Waals surface area contributed by atoms with Crippen LogP contribution in [-0.4, -0.2) is 17.6 Å². The van der Waals surface area contributed by atoms with Gasteiger partial charge in [0, 0.05) is 18.0 Å². The number of carbonyl (C=O) groups excluding carboxylic acids is 1. The fourth-order valence-electron chi connectivity index (χ4n) is 3.22. The number of aryl methyl sites for hydroxylation is 2. The summed E-state index contributed by atoms with van der Waals surface area (Å²) in [5.41, 5.74) is 4.34. The van der Waals surface area contributed by atoms with Gasteiger partial charge in [0.05, 0.1) is 25.1 Å². The maximum atomic E-state index is 12.8. The molecule has 1 heterocycles. The number of carbonyl (C=O) groups is 1. The van der Waals surface area contributed by atoms with Crippen LogP contribution >= 0.6 is 0 Å². The molecule has 0 amide bonds. The first-order valence-corrected chi connectivity index (χ1v) is 8.82. The van der Waals surface area contributed by atoms with Gasteiger partial charge in [-0.3, -0.25) is 0 Å². The van der Waals surface area contributed by atoms with Gasteiger partial charge in [-0.25, -0.2) is 4.79 Å². The van der Waals surface area contributed by atoms with E-state index in [-0.39, 0.29) is 6.61 Å². The minimum Gasteiger partial charge on any atom is -0.496 e. The van der Waals surface area contributed by atoms with Gasteiger partial charge in [-0.15, -0.1) is 0 Å². The monoisotopic (exact) mass is 362 g/mol. The Hall–Kier alpha value is -3.26. The molecule has 0 saturated carbocycles. The van der Waals surface area contributed by atoms with Crippen molar-refractivity contribution < 1.29 is 14.3 Å². The normalized spacial score (nSPS) is 10.6. The van der Waals surface area contributed by atoms with Crippen LogP contribution in [0.4, 0.5) is 0 Å². The van der Waals surface area contributed by atoms with Crippen molar-refractivity contribution in [1.82, 2.24) is 4.57 Å². The summed E-state index contributed by atoms with van der Waals surface area (Å²) in [6, 6.07) is 15.5. The second kappa shape index (κ2) is 7.96. The zero-order valence-corrected chi connectivity index (χ0v) is 15.8. The molecule has 0 aliphatic rings. The molecular formula is C22H22N2O3. The fourth-order valence-corrected chi connectivity index (χ4v) is 3.22. The molecule has 1 aromatic heterocycles. The smallest absolute Gasteiger partial charge is 0.355 e. The largest absolute Gasteiger partial charge is 0.496 e. The van der Waals surface area contributed by atoms with E-state index in [9.17, 15) is 4.79 Å². The van der Waals surface area contributed by atoms with Gasteiger partial charge in [-0.1, -0.05) is 30.3 Å². The third-order valence-corrected chi connectivity index (χ3v) is 4.83. The summed E-state index contributed by atoms with van der Waals surface area (Å²) >= 11 is 0. The van der Waals surface area contributed by atoms with E-state index >= 15 is 0 Å². The highest BCUT2D eigenvalue weighted by Crippen LogP contribution is 2.32. The van der Waals surface area contributed by atoms with Crippen molar-refractivity contribution in [2.24, 2.45) is 0 Å². The number of ether oxygens (including phenoxy) is 2. The van der Waals surface area contributed by atoms with Gasteiger partial charge in [-0.05, 0) is 36.6 Å². The van der Waals surface area contributed by atoms with E-state index in [0.29, 0.717) is 18.7 Å². The predicted octanol–water partition coefficient (Wildman–Crippen LogP) is 4.54. The van der Waals surface area contributed by atoms with Crippen LogP contribution in [0.1, 0.15) is 33.6 Å². The highest BCUT2D eigenvalue weighted by atomic mass is 16.5. The van der Waals surface area contributed by atoms with Crippen LogP contribution in [0.3, 0.4) is 0 Å². The quantitative estimate of drug-likeness (QED) is 0.604. The van der Waals surface area contributed by atoms with E-state index in [0.717, 1.165) is 33.3 Å². The highest BCUT2D eigenvalue weighted by molar-refractivity contribution is 5.97. The average molecular weight is 362 g/mol. The van der Waals surface area contributed by atoms with Crippen molar-refractivity contribution in [3.8, 4) is 11.8 Å². The molecule has 2 aromatic carbocycles. The molecule has 27 heavy (non-hydrogen) atoms. The molecule has 0 atom stereocenters. The highest BCUT2D eigenvalue weighted by Gasteiger charge is 2.20. The molecule has 0 fully saturated rings. The Labute approximate surface area is 158 Å². The minimum atomic E-state index is -0.399. The summed E-state index contributed by atoms with van der Waals surface area (Å²) in [6.07, 6.45) is 0.304. The van der Waals surface area contributed by atoms with E-state index in [1.165, 1.54) is 0 Å². The maximum absolute atomic E-state index is 12.8. The topological polar surface area (TPSA) is 64.2 Å². The molecule has 3 rings (SSSR count). The number of nitrogens with zero attached hydrogens (tertiary/aromatic N) is 2.